The lowest BCUT2D eigenvalue weighted by atomic mass is 10.1. The topological polar surface area (TPSA) is 75.9 Å². The molecule has 0 spiro atoms. The highest BCUT2D eigenvalue weighted by Gasteiger charge is 2.16. The quantitative estimate of drug-likeness (QED) is 0.895. The predicted octanol–water partition coefficient (Wildman–Crippen LogP) is 0.788. The molecule has 7 heteroatoms. The van der Waals surface area contributed by atoms with E-state index in [1.165, 1.54) is 12.7 Å². The van der Waals surface area contributed by atoms with Gasteiger partial charge < -0.3 is 10.2 Å². The lowest BCUT2D eigenvalue weighted by Crippen LogP contribution is -2.39. The molecule has 0 aromatic carbocycles. The first-order valence-electron chi connectivity index (χ1n) is 6.90. The van der Waals surface area contributed by atoms with Crippen LogP contribution < -0.4 is 5.32 Å². The molecule has 3 heterocycles. The van der Waals surface area contributed by atoms with Gasteiger partial charge in [-0.25, -0.2) is 9.97 Å². The second-order valence-corrected chi connectivity index (χ2v) is 5.02. The summed E-state index contributed by atoms with van der Waals surface area (Å²) in [7, 11) is 1.83. The molecule has 1 saturated heterocycles. The van der Waals surface area contributed by atoms with E-state index in [4.69, 9.17) is 0 Å². The molecular weight excluding hydrogens is 256 g/mol. The molecule has 1 amide bonds. The van der Waals surface area contributed by atoms with Crippen LogP contribution in [-0.2, 0) is 11.8 Å². The molecule has 20 heavy (non-hydrogen) atoms. The Morgan fingerprint density at radius 3 is 2.90 bits per heavy atom. The minimum absolute atomic E-state index is 0.125. The van der Waals surface area contributed by atoms with Crippen LogP contribution in [-0.4, -0.2) is 50.2 Å². The largest absolute Gasteiger partial charge is 0.360 e. The van der Waals surface area contributed by atoms with Gasteiger partial charge in [0.15, 0.2) is 5.65 Å². The van der Waals surface area contributed by atoms with Gasteiger partial charge in [0, 0.05) is 20.1 Å². The Kier molecular flexibility index (Phi) is 3.49. The molecule has 1 fully saturated rings. The highest BCUT2D eigenvalue weighted by molar-refractivity contribution is 5.88. The van der Waals surface area contributed by atoms with Crippen molar-refractivity contribution in [2.75, 3.05) is 25.0 Å². The molecule has 0 aliphatic carbocycles. The molecule has 0 radical (unpaired) electrons. The number of aromatic nitrogens is 4. The zero-order chi connectivity index (χ0) is 13.9. The number of hydrogen-bond donors (Lipinski definition) is 1. The van der Waals surface area contributed by atoms with E-state index in [0.29, 0.717) is 5.82 Å². The summed E-state index contributed by atoms with van der Waals surface area (Å²) in [5, 5.41) is 8.09. The highest BCUT2D eigenvalue weighted by Crippen LogP contribution is 2.17. The van der Waals surface area contributed by atoms with Crippen molar-refractivity contribution in [3.63, 3.8) is 0 Å². The molecule has 2 aromatic rings. The number of carbonyl (C=O) groups excluding carboxylic acids is 1. The van der Waals surface area contributed by atoms with Crippen LogP contribution in [0.4, 0.5) is 5.82 Å². The van der Waals surface area contributed by atoms with E-state index in [2.05, 4.69) is 20.4 Å². The molecule has 2 aromatic heterocycles. The van der Waals surface area contributed by atoms with Gasteiger partial charge in [-0.2, -0.15) is 5.10 Å². The van der Waals surface area contributed by atoms with Crippen LogP contribution in [0.5, 0.6) is 0 Å². The molecule has 3 rings (SSSR count). The summed E-state index contributed by atoms with van der Waals surface area (Å²) in [5.41, 5.74) is 0.757. The third kappa shape index (κ3) is 2.43. The second-order valence-electron chi connectivity index (χ2n) is 5.02. The summed E-state index contributed by atoms with van der Waals surface area (Å²) < 4.78 is 1.69. The molecule has 0 atom stereocenters. The van der Waals surface area contributed by atoms with Gasteiger partial charge in [-0.15, -0.1) is 0 Å². The van der Waals surface area contributed by atoms with Crippen LogP contribution in [0.15, 0.2) is 12.5 Å². The summed E-state index contributed by atoms with van der Waals surface area (Å²) in [6.45, 7) is 2.00. The summed E-state index contributed by atoms with van der Waals surface area (Å²) in [6.07, 6.45) is 6.62. The van der Waals surface area contributed by atoms with Crippen LogP contribution in [0.3, 0.4) is 0 Å². The second kappa shape index (κ2) is 5.44. The smallest absolute Gasteiger partial charge is 0.241 e. The van der Waals surface area contributed by atoms with Crippen molar-refractivity contribution in [1.29, 1.82) is 0 Å². The van der Waals surface area contributed by atoms with E-state index in [9.17, 15) is 4.79 Å². The fraction of sp³-hybridized carbons (Fsp3) is 0.538. The van der Waals surface area contributed by atoms with E-state index in [-0.39, 0.29) is 12.5 Å². The van der Waals surface area contributed by atoms with Gasteiger partial charge in [0.25, 0.3) is 0 Å². The van der Waals surface area contributed by atoms with E-state index in [1.54, 1.807) is 10.9 Å². The van der Waals surface area contributed by atoms with E-state index in [1.807, 2.05) is 11.9 Å². The SMILES string of the molecule is Cn1ncc2c(NCC(=O)N3CCCCC3)ncnc21. The maximum absolute atomic E-state index is 12.1. The fourth-order valence-corrected chi connectivity index (χ4v) is 2.52. The Morgan fingerprint density at radius 1 is 1.30 bits per heavy atom. The zero-order valence-electron chi connectivity index (χ0n) is 11.5. The van der Waals surface area contributed by atoms with Crippen LogP contribution in [0, 0.1) is 0 Å². The zero-order valence-corrected chi connectivity index (χ0v) is 11.5. The van der Waals surface area contributed by atoms with Crippen molar-refractivity contribution in [2.24, 2.45) is 7.05 Å². The van der Waals surface area contributed by atoms with Crippen molar-refractivity contribution in [1.82, 2.24) is 24.6 Å². The van der Waals surface area contributed by atoms with Gasteiger partial charge in [-0.05, 0) is 19.3 Å². The van der Waals surface area contributed by atoms with Crippen molar-refractivity contribution in [3.05, 3.63) is 12.5 Å². The van der Waals surface area contributed by atoms with Gasteiger partial charge in [0.2, 0.25) is 5.91 Å². The van der Waals surface area contributed by atoms with Crippen molar-refractivity contribution in [3.8, 4) is 0 Å². The number of nitrogens with zero attached hydrogens (tertiary/aromatic N) is 5. The number of likely N-dealkylation sites (tertiary alicyclic amines) is 1. The van der Waals surface area contributed by atoms with E-state index >= 15 is 0 Å². The molecular formula is C13H18N6O. The lowest BCUT2D eigenvalue weighted by Gasteiger charge is -2.26. The Balaban J connectivity index is 1.69. The predicted molar refractivity (Wildman–Crippen MR) is 75.2 cm³/mol. The van der Waals surface area contributed by atoms with E-state index < -0.39 is 0 Å². The molecule has 106 valence electrons. The maximum Gasteiger partial charge on any atom is 0.241 e. The standard InChI is InChI=1S/C13H18N6O/c1-18-13-10(7-17-18)12(15-9-16-13)14-8-11(20)19-5-3-2-4-6-19/h7,9H,2-6,8H2,1H3,(H,14,15,16). The number of amides is 1. The minimum atomic E-state index is 0.125. The van der Waals surface area contributed by atoms with Gasteiger partial charge in [0.1, 0.15) is 12.1 Å². The molecule has 7 nitrogen and oxygen atoms in total. The normalized spacial score (nSPS) is 15.6. The molecule has 1 aliphatic rings. The van der Waals surface area contributed by atoms with Crippen molar-refractivity contribution >= 4 is 22.8 Å². The van der Waals surface area contributed by atoms with E-state index in [0.717, 1.165) is 37.0 Å². The van der Waals surface area contributed by atoms with Crippen LogP contribution in [0.2, 0.25) is 0 Å². The number of rotatable bonds is 3. The summed E-state index contributed by atoms with van der Waals surface area (Å²) in [4.78, 5) is 22.4. The number of fused-ring (bicyclic) bond motifs is 1. The van der Waals surface area contributed by atoms with Gasteiger partial charge in [-0.1, -0.05) is 0 Å². The number of hydrogen-bond acceptors (Lipinski definition) is 5. The first-order valence-corrected chi connectivity index (χ1v) is 6.90. The average Bonchev–Trinajstić information content (AvgIpc) is 2.88. The number of carbonyl (C=O) groups is 1. The Bertz CT molecular complexity index is 616. The molecule has 1 N–H and O–H groups in total. The maximum atomic E-state index is 12.1. The summed E-state index contributed by atoms with van der Waals surface area (Å²) in [6, 6.07) is 0. The average molecular weight is 274 g/mol. The lowest BCUT2D eigenvalue weighted by molar-refractivity contribution is -0.130. The van der Waals surface area contributed by atoms with Gasteiger partial charge in [-0.3, -0.25) is 9.48 Å². The fourth-order valence-electron chi connectivity index (χ4n) is 2.52. The van der Waals surface area contributed by atoms with Crippen LogP contribution in [0.1, 0.15) is 19.3 Å². The summed E-state index contributed by atoms with van der Waals surface area (Å²) >= 11 is 0. The molecule has 0 saturated carbocycles. The molecule has 1 aliphatic heterocycles. The summed E-state index contributed by atoms with van der Waals surface area (Å²) in [5.74, 6) is 0.786. The monoisotopic (exact) mass is 274 g/mol. The third-order valence-corrected chi connectivity index (χ3v) is 3.65. The third-order valence-electron chi connectivity index (χ3n) is 3.65. The Labute approximate surface area is 117 Å². The Morgan fingerprint density at radius 2 is 2.10 bits per heavy atom. The number of anilines is 1. The number of aryl methyl sites for hydroxylation is 1. The first-order chi connectivity index (χ1) is 9.75. The van der Waals surface area contributed by atoms with Crippen LogP contribution in [0.25, 0.3) is 11.0 Å². The highest BCUT2D eigenvalue weighted by atomic mass is 16.2. The molecule has 0 bridgehead atoms. The van der Waals surface area contributed by atoms with Gasteiger partial charge in [0.05, 0.1) is 18.1 Å². The molecule has 0 unspecified atom stereocenters. The number of nitrogens with one attached hydrogen (secondary N) is 1. The number of piperidine rings is 1. The Hall–Kier alpha value is -2.18. The first kappa shape index (κ1) is 12.8. The van der Waals surface area contributed by atoms with Gasteiger partial charge >= 0.3 is 0 Å². The van der Waals surface area contributed by atoms with Crippen molar-refractivity contribution in [2.45, 2.75) is 19.3 Å². The minimum Gasteiger partial charge on any atom is -0.360 e. The van der Waals surface area contributed by atoms with Crippen LogP contribution >= 0.6 is 0 Å². The van der Waals surface area contributed by atoms with Crippen molar-refractivity contribution < 1.29 is 4.79 Å².